The summed E-state index contributed by atoms with van der Waals surface area (Å²) in [6.07, 6.45) is 3.30. The summed E-state index contributed by atoms with van der Waals surface area (Å²) in [7, 11) is 0. The lowest BCUT2D eigenvalue weighted by Gasteiger charge is -2.30. The van der Waals surface area contributed by atoms with E-state index in [0.29, 0.717) is 6.42 Å². The minimum absolute atomic E-state index is 0.0201. The van der Waals surface area contributed by atoms with E-state index in [2.05, 4.69) is 20.8 Å². The van der Waals surface area contributed by atoms with Crippen molar-refractivity contribution in [1.29, 1.82) is 0 Å². The van der Waals surface area contributed by atoms with Gasteiger partial charge in [-0.15, -0.1) is 0 Å². The molecule has 0 saturated heterocycles. The maximum Gasteiger partial charge on any atom is 0.166 e. The van der Waals surface area contributed by atoms with Crippen molar-refractivity contribution in [1.82, 2.24) is 4.98 Å². The van der Waals surface area contributed by atoms with Crippen molar-refractivity contribution in [2.45, 2.75) is 46.5 Å². The fourth-order valence-electron chi connectivity index (χ4n) is 3.78. The summed E-state index contributed by atoms with van der Waals surface area (Å²) in [5.41, 5.74) is 4.36. The van der Waals surface area contributed by atoms with E-state index in [1.54, 1.807) is 0 Å². The summed E-state index contributed by atoms with van der Waals surface area (Å²) in [5.74, 6) is 0.198. The number of nitrogens with zero attached hydrogens (tertiary/aromatic N) is 1. The van der Waals surface area contributed by atoms with Gasteiger partial charge in [0.05, 0.1) is 17.0 Å². The lowest BCUT2D eigenvalue weighted by atomic mass is 9.74. The van der Waals surface area contributed by atoms with E-state index in [9.17, 15) is 4.79 Å². The zero-order valence-electron chi connectivity index (χ0n) is 13.9. The minimum atomic E-state index is -0.0201. The molecule has 3 nitrogen and oxygen atoms in total. The summed E-state index contributed by atoms with van der Waals surface area (Å²) in [5, 5.41) is 2.01. The number of Topliss-reactive ketones (excluding diaryl/α,β-unsaturated/α-hetero) is 1. The van der Waals surface area contributed by atoms with Crippen LogP contribution in [0, 0.1) is 5.41 Å². The number of carbonyl (C=O) groups excluding carboxylic acids is 1. The van der Waals surface area contributed by atoms with Gasteiger partial charge >= 0.3 is 0 Å². The van der Waals surface area contributed by atoms with E-state index >= 15 is 0 Å². The van der Waals surface area contributed by atoms with Gasteiger partial charge in [0.1, 0.15) is 5.58 Å². The molecule has 118 valence electrons. The number of hydrogen-bond acceptors (Lipinski definition) is 3. The number of hydrogen-bond donors (Lipinski definition) is 0. The minimum Gasteiger partial charge on any atom is -0.454 e. The van der Waals surface area contributed by atoms with Gasteiger partial charge in [-0.2, -0.15) is 0 Å². The average molecular weight is 307 g/mol. The third-order valence-corrected chi connectivity index (χ3v) is 4.72. The first-order valence-electron chi connectivity index (χ1n) is 8.36. The van der Waals surface area contributed by atoms with Crippen LogP contribution in [-0.4, -0.2) is 10.8 Å². The third-order valence-electron chi connectivity index (χ3n) is 4.72. The van der Waals surface area contributed by atoms with E-state index in [1.807, 2.05) is 24.3 Å². The highest BCUT2D eigenvalue weighted by atomic mass is 16.3. The van der Waals surface area contributed by atoms with Crippen molar-refractivity contribution in [3.63, 3.8) is 0 Å². The smallest absolute Gasteiger partial charge is 0.166 e. The van der Waals surface area contributed by atoms with Crippen LogP contribution in [0.15, 0.2) is 28.7 Å². The molecule has 3 heteroatoms. The number of aromatic nitrogens is 1. The first kappa shape index (κ1) is 14.4. The Kier molecular flexibility index (Phi) is 3.09. The number of carbonyl (C=O) groups is 1. The SMILES string of the molecule is CCCc1nc2c(c3c1oc1ccccc13)C(=O)CC(C)(C)C2. The van der Waals surface area contributed by atoms with Crippen molar-refractivity contribution in [2.24, 2.45) is 5.41 Å². The van der Waals surface area contributed by atoms with Crippen molar-refractivity contribution in [2.75, 3.05) is 0 Å². The lowest BCUT2D eigenvalue weighted by molar-refractivity contribution is 0.0912. The van der Waals surface area contributed by atoms with Gasteiger partial charge in [0, 0.05) is 17.2 Å². The molecule has 0 aliphatic heterocycles. The average Bonchev–Trinajstić information content (AvgIpc) is 2.85. The highest BCUT2D eigenvalue weighted by Crippen LogP contribution is 2.41. The topological polar surface area (TPSA) is 43.1 Å². The van der Waals surface area contributed by atoms with Crippen LogP contribution in [-0.2, 0) is 12.8 Å². The van der Waals surface area contributed by atoms with Gasteiger partial charge in [-0.3, -0.25) is 9.78 Å². The van der Waals surface area contributed by atoms with Gasteiger partial charge in [0.15, 0.2) is 11.4 Å². The molecule has 0 saturated carbocycles. The van der Waals surface area contributed by atoms with Gasteiger partial charge < -0.3 is 4.42 Å². The molecule has 0 atom stereocenters. The molecule has 2 aromatic heterocycles. The number of para-hydroxylation sites is 1. The molecule has 0 radical (unpaired) electrons. The fraction of sp³-hybridized carbons (Fsp3) is 0.400. The number of furan rings is 1. The Labute approximate surface area is 135 Å². The highest BCUT2D eigenvalue weighted by molar-refractivity contribution is 6.18. The zero-order valence-corrected chi connectivity index (χ0v) is 13.9. The monoisotopic (exact) mass is 307 g/mol. The van der Waals surface area contributed by atoms with Gasteiger partial charge in [-0.05, 0) is 24.3 Å². The summed E-state index contributed by atoms with van der Waals surface area (Å²) >= 11 is 0. The Morgan fingerprint density at radius 3 is 2.78 bits per heavy atom. The molecule has 1 aromatic carbocycles. The number of fused-ring (bicyclic) bond motifs is 5. The Morgan fingerprint density at radius 2 is 2.00 bits per heavy atom. The van der Waals surface area contributed by atoms with Crippen LogP contribution in [0.5, 0.6) is 0 Å². The van der Waals surface area contributed by atoms with Gasteiger partial charge in [-0.25, -0.2) is 0 Å². The van der Waals surface area contributed by atoms with E-state index < -0.39 is 0 Å². The molecule has 0 spiro atoms. The number of pyridine rings is 1. The molecule has 1 aliphatic rings. The molecular formula is C20H21NO2. The standard InChI is InChI=1S/C20H21NO2/c1-4-7-13-19-17(12-8-5-6-9-16(12)23-19)18-14(21-13)10-20(2,3)11-15(18)22/h5-6,8-9H,4,7,10-11H2,1-3H3. The molecule has 23 heavy (non-hydrogen) atoms. The maximum atomic E-state index is 12.8. The van der Waals surface area contributed by atoms with Crippen LogP contribution in [0.1, 0.15) is 55.4 Å². The Balaban J connectivity index is 2.14. The van der Waals surface area contributed by atoms with Crippen LogP contribution in [0.2, 0.25) is 0 Å². The predicted molar refractivity (Wildman–Crippen MR) is 91.9 cm³/mol. The number of aryl methyl sites for hydroxylation is 1. The van der Waals surface area contributed by atoms with Crippen LogP contribution in [0.25, 0.3) is 21.9 Å². The zero-order chi connectivity index (χ0) is 16.2. The van der Waals surface area contributed by atoms with Gasteiger partial charge in [0.2, 0.25) is 0 Å². The van der Waals surface area contributed by atoms with E-state index in [-0.39, 0.29) is 11.2 Å². The van der Waals surface area contributed by atoms with Crippen LogP contribution in [0.4, 0.5) is 0 Å². The second-order valence-electron chi connectivity index (χ2n) is 7.37. The first-order chi connectivity index (χ1) is 11.0. The molecule has 0 fully saturated rings. The fourth-order valence-corrected chi connectivity index (χ4v) is 3.78. The van der Waals surface area contributed by atoms with E-state index in [4.69, 9.17) is 9.40 Å². The Morgan fingerprint density at radius 1 is 1.22 bits per heavy atom. The van der Waals surface area contributed by atoms with Gasteiger partial charge in [-0.1, -0.05) is 45.4 Å². The molecule has 2 heterocycles. The molecule has 0 bridgehead atoms. The van der Waals surface area contributed by atoms with E-state index in [1.165, 1.54) is 0 Å². The quantitative estimate of drug-likeness (QED) is 0.662. The van der Waals surface area contributed by atoms with Crippen molar-refractivity contribution in [3.05, 3.63) is 41.2 Å². The predicted octanol–water partition coefficient (Wildman–Crippen LogP) is 5.09. The maximum absolute atomic E-state index is 12.8. The Bertz CT molecular complexity index is 934. The summed E-state index contributed by atoms with van der Waals surface area (Å²) in [6.45, 7) is 6.43. The molecule has 1 aliphatic carbocycles. The second-order valence-corrected chi connectivity index (χ2v) is 7.37. The van der Waals surface area contributed by atoms with Crippen molar-refractivity contribution in [3.8, 4) is 0 Å². The Hall–Kier alpha value is -2.16. The normalized spacial score (nSPS) is 16.9. The third kappa shape index (κ3) is 2.18. The first-order valence-corrected chi connectivity index (χ1v) is 8.36. The number of rotatable bonds is 2. The van der Waals surface area contributed by atoms with Crippen molar-refractivity contribution >= 4 is 27.7 Å². The molecular weight excluding hydrogens is 286 g/mol. The van der Waals surface area contributed by atoms with Gasteiger partial charge in [0.25, 0.3) is 0 Å². The largest absolute Gasteiger partial charge is 0.454 e. The summed E-state index contributed by atoms with van der Waals surface area (Å²) in [6, 6.07) is 7.98. The molecule has 0 unspecified atom stereocenters. The van der Waals surface area contributed by atoms with Crippen LogP contribution in [0.3, 0.4) is 0 Å². The van der Waals surface area contributed by atoms with Crippen LogP contribution >= 0.6 is 0 Å². The van der Waals surface area contributed by atoms with Crippen molar-refractivity contribution < 1.29 is 9.21 Å². The summed E-state index contributed by atoms with van der Waals surface area (Å²) in [4.78, 5) is 17.7. The second kappa shape index (κ2) is 4.92. The highest BCUT2D eigenvalue weighted by Gasteiger charge is 2.35. The molecule has 4 rings (SSSR count). The number of ketones is 1. The summed E-state index contributed by atoms with van der Waals surface area (Å²) < 4.78 is 6.09. The molecule has 0 amide bonds. The van der Waals surface area contributed by atoms with Crippen LogP contribution < -0.4 is 0 Å². The molecule has 0 N–H and O–H groups in total. The van der Waals surface area contributed by atoms with E-state index in [0.717, 1.165) is 58.2 Å². The molecule has 3 aromatic rings. The lowest BCUT2D eigenvalue weighted by Crippen LogP contribution is -2.28. The number of benzene rings is 1.